The third kappa shape index (κ3) is 2.71. The smallest absolute Gasteiger partial charge is 0.122 e. The Morgan fingerprint density at radius 1 is 1.31 bits per heavy atom. The first kappa shape index (κ1) is 11.4. The van der Waals surface area contributed by atoms with Crippen LogP contribution in [0.4, 0.5) is 0 Å². The third-order valence-electron chi connectivity index (χ3n) is 3.14. The molecular formula is C12H20N4. The van der Waals surface area contributed by atoms with Gasteiger partial charge in [0.15, 0.2) is 0 Å². The van der Waals surface area contributed by atoms with Crippen molar-refractivity contribution in [2.45, 2.75) is 6.54 Å². The standard InChI is InChI=1S/C12H20N4/c1-3-5-15-7-9-16(10-8-15)11-12-13-4-6-14(12)2/h3-4,6H,1,5,7-11H2,2H3. The summed E-state index contributed by atoms with van der Waals surface area (Å²) >= 11 is 0. The topological polar surface area (TPSA) is 24.3 Å². The molecule has 0 atom stereocenters. The zero-order chi connectivity index (χ0) is 11.4. The molecule has 0 radical (unpaired) electrons. The van der Waals surface area contributed by atoms with E-state index in [4.69, 9.17) is 0 Å². The number of rotatable bonds is 4. The van der Waals surface area contributed by atoms with Crippen molar-refractivity contribution >= 4 is 0 Å². The van der Waals surface area contributed by atoms with E-state index in [0.717, 1.165) is 45.1 Å². The van der Waals surface area contributed by atoms with Gasteiger partial charge >= 0.3 is 0 Å². The average Bonchev–Trinajstić information content (AvgIpc) is 2.68. The Morgan fingerprint density at radius 3 is 2.56 bits per heavy atom. The zero-order valence-electron chi connectivity index (χ0n) is 9.97. The molecule has 1 fully saturated rings. The molecule has 0 aliphatic carbocycles. The largest absolute Gasteiger partial charge is 0.337 e. The van der Waals surface area contributed by atoms with E-state index in [1.807, 2.05) is 18.5 Å². The van der Waals surface area contributed by atoms with E-state index in [1.165, 1.54) is 0 Å². The summed E-state index contributed by atoms with van der Waals surface area (Å²) in [5.41, 5.74) is 0. The molecule has 0 amide bonds. The van der Waals surface area contributed by atoms with Crippen LogP contribution in [0.15, 0.2) is 25.0 Å². The van der Waals surface area contributed by atoms with Gasteiger partial charge in [-0.15, -0.1) is 6.58 Å². The highest BCUT2D eigenvalue weighted by Gasteiger charge is 2.16. The number of aromatic nitrogens is 2. The Hall–Kier alpha value is -1.13. The summed E-state index contributed by atoms with van der Waals surface area (Å²) in [6.45, 7) is 10.3. The van der Waals surface area contributed by atoms with Gasteiger partial charge in [-0.25, -0.2) is 4.98 Å². The van der Waals surface area contributed by atoms with Gasteiger partial charge in [0, 0.05) is 52.2 Å². The fourth-order valence-electron chi connectivity index (χ4n) is 2.06. The maximum Gasteiger partial charge on any atom is 0.122 e. The molecule has 0 N–H and O–H groups in total. The summed E-state index contributed by atoms with van der Waals surface area (Å²) in [5.74, 6) is 1.15. The molecule has 4 heteroatoms. The van der Waals surface area contributed by atoms with Gasteiger partial charge in [-0.3, -0.25) is 9.80 Å². The lowest BCUT2D eigenvalue weighted by molar-refractivity contribution is 0.133. The van der Waals surface area contributed by atoms with Crippen LogP contribution in [0.3, 0.4) is 0 Å². The Bertz CT molecular complexity index is 337. The molecule has 0 saturated carbocycles. The van der Waals surface area contributed by atoms with Crippen LogP contribution in [0.2, 0.25) is 0 Å². The molecule has 1 aromatic heterocycles. The average molecular weight is 220 g/mol. The number of imidazole rings is 1. The molecule has 1 aliphatic heterocycles. The van der Waals surface area contributed by atoms with E-state index < -0.39 is 0 Å². The lowest BCUT2D eigenvalue weighted by Crippen LogP contribution is -2.46. The highest BCUT2D eigenvalue weighted by molar-refractivity contribution is 4.92. The molecule has 2 rings (SSSR count). The van der Waals surface area contributed by atoms with Crippen LogP contribution in [0, 0.1) is 0 Å². The van der Waals surface area contributed by atoms with E-state index in [2.05, 4.69) is 33.0 Å². The van der Waals surface area contributed by atoms with E-state index in [0.29, 0.717) is 0 Å². The SMILES string of the molecule is C=CCN1CCN(Cc2nccn2C)CC1. The van der Waals surface area contributed by atoms with Crippen LogP contribution in [0.1, 0.15) is 5.82 Å². The van der Waals surface area contributed by atoms with Crippen LogP contribution < -0.4 is 0 Å². The third-order valence-corrected chi connectivity index (χ3v) is 3.14. The summed E-state index contributed by atoms with van der Waals surface area (Å²) in [7, 11) is 2.05. The normalized spacial score (nSPS) is 18.8. The minimum absolute atomic E-state index is 0.964. The van der Waals surface area contributed by atoms with Crippen molar-refractivity contribution in [3.05, 3.63) is 30.9 Å². The van der Waals surface area contributed by atoms with E-state index >= 15 is 0 Å². The summed E-state index contributed by atoms with van der Waals surface area (Å²) in [6.07, 6.45) is 5.85. The first-order chi connectivity index (χ1) is 7.79. The fraction of sp³-hybridized carbons (Fsp3) is 0.583. The number of nitrogens with zero attached hydrogens (tertiary/aromatic N) is 4. The van der Waals surface area contributed by atoms with Crippen molar-refractivity contribution in [2.24, 2.45) is 7.05 Å². The van der Waals surface area contributed by atoms with Gasteiger partial charge < -0.3 is 4.57 Å². The highest BCUT2D eigenvalue weighted by Crippen LogP contribution is 2.06. The Kier molecular flexibility index (Phi) is 3.74. The van der Waals surface area contributed by atoms with Gasteiger partial charge in [0.25, 0.3) is 0 Å². The quantitative estimate of drug-likeness (QED) is 0.699. The molecule has 88 valence electrons. The first-order valence-corrected chi connectivity index (χ1v) is 5.81. The molecule has 2 heterocycles. The summed E-state index contributed by atoms with van der Waals surface area (Å²) < 4.78 is 2.09. The molecule has 0 unspecified atom stereocenters. The van der Waals surface area contributed by atoms with Crippen molar-refractivity contribution in [1.29, 1.82) is 0 Å². The minimum atomic E-state index is 0.964. The van der Waals surface area contributed by atoms with Crippen molar-refractivity contribution in [1.82, 2.24) is 19.4 Å². The van der Waals surface area contributed by atoms with Crippen LogP contribution in [0.25, 0.3) is 0 Å². The van der Waals surface area contributed by atoms with Crippen LogP contribution in [-0.2, 0) is 13.6 Å². The maximum absolute atomic E-state index is 4.36. The Balaban J connectivity index is 1.81. The van der Waals surface area contributed by atoms with Crippen LogP contribution in [-0.4, -0.2) is 52.1 Å². The molecule has 1 saturated heterocycles. The molecule has 0 spiro atoms. The molecule has 1 aromatic rings. The minimum Gasteiger partial charge on any atom is -0.337 e. The predicted molar refractivity (Wildman–Crippen MR) is 65.1 cm³/mol. The number of hydrogen-bond donors (Lipinski definition) is 0. The summed E-state index contributed by atoms with van der Waals surface area (Å²) in [5, 5.41) is 0. The monoisotopic (exact) mass is 220 g/mol. The van der Waals surface area contributed by atoms with Gasteiger partial charge in [-0.05, 0) is 0 Å². The lowest BCUT2D eigenvalue weighted by atomic mass is 10.3. The van der Waals surface area contributed by atoms with E-state index in [-0.39, 0.29) is 0 Å². The number of hydrogen-bond acceptors (Lipinski definition) is 3. The molecule has 0 bridgehead atoms. The van der Waals surface area contributed by atoms with Gasteiger partial charge in [0.1, 0.15) is 5.82 Å². The second-order valence-corrected chi connectivity index (χ2v) is 4.32. The van der Waals surface area contributed by atoms with Crippen molar-refractivity contribution in [2.75, 3.05) is 32.7 Å². The summed E-state index contributed by atoms with van der Waals surface area (Å²) in [4.78, 5) is 9.25. The van der Waals surface area contributed by atoms with E-state index in [1.54, 1.807) is 0 Å². The Morgan fingerprint density at radius 2 is 2.00 bits per heavy atom. The molecular weight excluding hydrogens is 200 g/mol. The van der Waals surface area contributed by atoms with Gasteiger partial charge in [0.2, 0.25) is 0 Å². The molecule has 4 nitrogen and oxygen atoms in total. The summed E-state index contributed by atoms with van der Waals surface area (Å²) in [6, 6.07) is 0. The van der Waals surface area contributed by atoms with Crippen molar-refractivity contribution in [3.63, 3.8) is 0 Å². The Labute approximate surface area is 97.2 Å². The van der Waals surface area contributed by atoms with Crippen molar-refractivity contribution in [3.8, 4) is 0 Å². The zero-order valence-corrected chi connectivity index (χ0v) is 9.97. The van der Waals surface area contributed by atoms with Crippen molar-refractivity contribution < 1.29 is 0 Å². The lowest BCUT2D eigenvalue weighted by Gasteiger charge is -2.33. The fourth-order valence-corrected chi connectivity index (χ4v) is 2.06. The molecule has 0 aromatic carbocycles. The van der Waals surface area contributed by atoms with Crippen LogP contribution >= 0.6 is 0 Å². The van der Waals surface area contributed by atoms with Gasteiger partial charge in [0.05, 0.1) is 6.54 Å². The molecule has 16 heavy (non-hydrogen) atoms. The van der Waals surface area contributed by atoms with E-state index in [9.17, 15) is 0 Å². The second kappa shape index (κ2) is 5.27. The molecule has 1 aliphatic rings. The van der Waals surface area contributed by atoms with Gasteiger partial charge in [-0.1, -0.05) is 6.08 Å². The predicted octanol–water partition coefficient (Wildman–Crippen LogP) is 0.724. The highest BCUT2D eigenvalue weighted by atomic mass is 15.3. The first-order valence-electron chi connectivity index (χ1n) is 5.81. The number of aryl methyl sites for hydroxylation is 1. The second-order valence-electron chi connectivity index (χ2n) is 4.32. The van der Waals surface area contributed by atoms with Gasteiger partial charge in [-0.2, -0.15) is 0 Å². The number of piperazine rings is 1. The van der Waals surface area contributed by atoms with Crippen LogP contribution in [0.5, 0.6) is 0 Å². The maximum atomic E-state index is 4.36.